The van der Waals surface area contributed by atoms with Gasteiger partial charge in [0.05, 0.1) is 12.1 Å². The molecule has 1 N–H and O–H groups in total. The molecule has 6 heteroatoms. The van der Waals surface area contributed by atoms with Gasteiger partial charge in [-0.15, -0.1) is 0 Å². The highest BCUT2D eigenvalue weighted by Gasteiger charge is 2.46. The Bertz CT molecular complexity index is 920. The van der Waals surface area contributed by atoms with Crippen molar-refractivity contribution in [2.24, 2.45) is 5.92 Å². The minimum atomic E-state index is -0.809. The van der Waals surface area contributed by atoms with Crippen molar-refractivity contribution in [2.75, 3.05) is 16.8 Å². The first-order valence-electron chi connectivity index (χ1n) is 10.4. The molecule has 1 aliphatic heterocycles. The number of nitrogens with zero attached hydrogens (tertiary/aromatic N) is 2. The molecule has 0 aromatic heterocycles. The third-order valence-electron chi connectivity index (χ3n) is 5.20. The van der Waals surface area contributed by atoms with Crippen LogP contribution in [0.25, 0.3) is 0 Å². The molecule has 2 aromatic rings. The highest BCUT2D eigenvalue weighted by molar-refractivity contribution is 6.22. The molecule has 1 aliphatic rings. The molecule has 0 spiro atoms. The Kier molecular flexibility index (Phi) is 6.55. The van der Waals surface area contributed by atoms with E-state index in [-0.39, 0.29) is 30.2 Å². The summed E-state index contributed by atoms with van der Waals surface area (Å²) in [6.45, 7) is 8.40. The van der Waals surface area contributed by atoms with E-state index in [1.165, 1.54) is 15.4 Å². The van der Waals surface area contributed by atoms with Crippen LogP contribution in [0.4, 0.5) is 16.2 Å². The van der Waals surface area contributed by atoms with Gasteiger partial charge in [-0.25, -0.2) is 9.69 Å². The second-order valence-corrected chi connectivity index (χ2v) is 8.16. The molecule has 0 unspecified atom stereocenters. The first kappa shape index (κ1) is 21.6. The lowest BCUT2D eigenvalue weighted by Gasteiger charge is -2.23. The molecule has 1 saturated heterocycles. The zero-order valence-corrected chi connectivity index (χ0v) is 18.0. The Morgan fingerprint density at radius 1 is 1.03 bits per heavy atom. The van der Waals surface area contributed by atoms with Crippen molar-refractivity contribution < 1.29 is 14.4 Å². The molecular formula is C24H29N3O3. The molecule has 1 heterocycles. The predicted molar refractivity (Wildman–Crippen MR) is 118 cm³/mol. The standard InChI is InChI=1S/C24H29N3O3/c1-5-18-8-10-19(11-9-18)25-22(28)14-21-23(29)27(20-12-6-17(4)7-13-20)24(30)26(21)15-16(2)3/h6-13,16,21H,5,14-15H2,1-4H3,(H,25,28)/t21-/m0/s1. The zero-order valence-electron chi connectivity index (χ0n) is 18.0. The van der Waals surface area contributed by atoms with E-state index in [4.69, 9.17) is 0 Å². The highest BCUT2D eigenvalue weighted by atomic mass is 16.2. The van der Waals surface area contributed by atoms with Crippen LogP contribution in [0.3, 0.4) is 0 Å². The van der Waals surface area contributed by atoms with Gasteiger partial charge >= 0.3 is 6.03 Å². The van der Waals surface area contributed by atoms with E-state index in [1.54, 1.807) is 12.1 Å². The molecule has 2 aromatic carbocycles. The van der Waals surface area contributed by atoms with Crippen LogP contribution in [-0.2, 0) is 16.0 Å². The fraction of sp³-hybridized carbons (Fsp3) is 0.375. The second kappa shape index (κ2) is 9.11. The number of hydrogen-bond donors (Lipinski definition) is 1. The summed E-state index contributed by atoms with van der Waals surface area (Å²) in [5, 5.41) is 2.84. The monoisotopic (exact) mass is 407 g/mol. The van der Waals surface area contributed by atoms with Crippen molar-refractivity contribution in [3.8, 4) is 0 Å². The summed E-state index contributed by atoms with van der Waals surface area (Å²) < 4.78 is 0. The number of carbonyl (C=O) groups is 3. The molecular weight excluding hydrogens is 378 g/mol. The zero-order chi connectivity index (χ0) is 21.8. The van der Waals surface area contributed by atoms with Crippen LogP contribution in [0.1, 0.15) is 38.3 Å². The molecule has 3 rings (SSSR count). The number of amides is 4. The summed E-state index contributed by atoms with van der Waals surface area (Å²) in [6.07, 6.45) is 0.848. The number of nitrogens with one attached hydrogen (secondary N) is 1. The van der Waals surface area contributed by atoms with Gasteiger partial charge in [-0.2, -0.15) is 0 Å². The minimum Gasteiger partial charge on any atom is -0.326 e. The van der Waals surface area contributed by atoms with Gasteiger partial charge in [0.15, 0.2) is 0 Å². The van der Waals surface area contributed by atoms with E-state index < -0.39 is 6.04 Å². The van der Waals surface area contributed by atoms with Crippen molar-refractivity contribution in [1.82, 2.24) is 4.90 Å². The molecule has 30 heavy (non-hydrogen) atoms. The number of rotatable bonds is 7. The maximum Gasteiger partial charge on any atom is 0.332 e. The van der Waals surface area contributed by atoms with Crippen molar-refractivity contribution in [2.45, 2.75) is 46.6 Å². The molecule has 6 nitrogen and oxygen atoms in total. The van der Waals surface area contributed by atoms with Gasteiger partial charge in [-0.3, -0.25) is 9.59 Å². The van der Waals surface area contributed by atoms with Crippen LogP contribution >= 0.6 is 0 Å². The SMILES string of the molecule is CCc1ccc(NC(=O)C[C@H]2C(=O)N(c3ccc(C)cc3)C(=O)N2CC(C)C)cc1. The molecule has 0 radical (unpaired) electrons. The molecule has 4 amide bonds. The van der Waals surface area contributed by atoms with Crippen LogP contribution in [0.15, 0.2) is 48.5 Å². The Hall–Kier alpha value is -3.15. The lowest BCUT2D eigenvalue weighted by atomic mass is 10.1. The maximum absolute atomic E-state index is 13.1. The molecule has 1 fully saturated rings. The van der Waals surface area contributed by atoms with Gasteiger partial charge in [-0.05, 0) is 49.1 Å². The van der Waals surface area contributed by atoms with Gasteiger partial charge < -0.3 is 10.2 Å². The van der Waals surface area contributed by atoms with Gasteiger partial charge in [-0.1, -0.05) is 50.6 Å². The average molecular weight is 408 g/mol. The van der Waals surface area contributed by atoms with Crippen LogP contribution in [0.5, 0.6) is 0 Å². The van der Waals surface area contributed by atoms with Crippen LogP contribution in [-0.4, -0.2) is 35.3 Å². The molecule has 158 valence electrons. The topological polar surface area (TPSA) is 69.7 Å². The molecule has 1 atom stereocenters. The Balaban J connectivity index is 1.79. The normalized spacial score (nSPS) is 16.5. The highest BCUT2D eigenvalue weighted by Crippen LogP contribution is 2.28. The number of benzene rings is 2. The summed E-state index contributed by atoms with van der Waals surface area (Å²) in [4.78, 5) is 41.6. The first-order valence-corrected chi connectivity index (χ1v) is 10.4. The van der Waals surface area contributed by atoms with E-state index in [0.29, 0.717) is 17.9 Å². The van der Waals surface area contributed by atoms with Crippen LogP contribution in [0, 0.1) is 12.8 Å². The fourth-order valence-electron chi connectivity index (χ4n) is 3.58. The number of imide groups is 1. The fourth-order valence-corrected chi connectivity index (χ4v) is 3.58. The number of carbonyl (C=O) groups excluding carboxylic acids is 3. The molecule has 0 bridgehead atoms. The van der Waals surface area contributed by atoms with Crippen molar-refractivity contribution in [3.05, 3.63) is 59.7 Å². The quantitative estimate of drug-likeness (QED) is 0.693. The number of anilines is 2. The summed E-state index contributed by atoms with van der Waals surface area (Å²) >= 11 is 0. The van der Waals surface area contributed by atoms with Crippen LogP contribution < -0.4 is 10.2 Å². The number of aryl methyl sites for hydroxylation is 2. The van der Waals surface area contributed by atoms with E-state index in [9.17, 15) is 14.4 Å². The molecule has 0 aliphatic carbocycles. The summed E-state index contributed by atoms with van der Waals surface area (Å²) in [5.74, 6) is -0.474. The lowest BCUT2D eigenvalue weighted by Crippen LogP contribution is -2.40. The number of hydrogen-bond acceptors (Lipinski definition) is 3. The van der Waals surface area contributed by atoms with Gasteiger partial charge in [0, 0.05) is 12.2 Å². The Morgan fingerprint density at radius 3 is 2.23 bits per heavy atom. The van der Waals surface area contributed by atoms with Gasteiger partial charge in [0.25, 0.3) is 5.91 Å². The predicted octanol–water partition coefficient (Wildman–Crippen LogP) is 4.38. The summed E-state index contributed by atoms with van der Waals surface area (Å²) in [7, 11) is 0. The first-order chi connectivity index (χ1) is 14.3. The van der Waals surface area contributed by atoms with Gasteiger partial charge in [0.2, 0.25) is 5.91 Å². The van der Waals surface area contributed by atoms with Crippen LogP contribution in [0.2, 0.25) is 0 Å². The van der Waals surface area contributed by atoms with Crippen molar-refractivity contribution in [1.29, 1.82) is 0 Å². The van der Waals surface area contributed by atoms with E-state index in [0.717, 1.165) is 12.0 Å². The third kappa shape index (κ3) is 4.70. The Morgan fingerprint density at radius 2 is 1.67 bits per heavy atom. The number of urea groups is 1. The Labute approximate surface area is 177 Å². The van der Waals surface area contributed by atoms with E-state index >= 15 is 0 Å². The third-order valence-corrected chi connectivity index (χ3v) is 5.20. The second-order valence-electron chi connectivity index (χ2n) is 8.16. The summed E-state index contributed by atoms with van der Waals surface area (Å²) in [5.41, 5.74) is 3.44. The van der Waals surface area contributed by atoms with Gasteiger partial charge in [0.1, 0.15) is 6.04 Å². The molecule has 0 saturated carbocycles. The largest absolute Gasteiger partial charge is 0.332 e. The summed E-state index contributed by atoms with van der Waals surface area (Å²) in [6, 6.07) is 13.7. The van der Waals surface area contributed by atoms with E-state index in [2.05, 4.69) is 12.2 Å². The van der Waals surface area contributed by atoms with Crippen molar-refractivity contribution >= 4 is 29.2 Å². The smallest absolute Gasteiger partial charge is 0.326 e. The lowest BCUT2D eigenvalue weighted by molar-refractivity contribution is -0.124. The van der Waals surface area contributed by atoms with Crippen molar-refractivity contribution in [3.63, 3.8) is 0 Å². The van der Waals surface area contributed by atoms with E-state index in [1.807, 2.05) is 57.2 Å². The average Bonchev–Trinajstić information content (AvgIpc) is 2.93. The minimum absolute atomic E-state index is 0.0742. The maximum atomic E-state index is 13.1.